The van der Waals surface area contributed by atoms with Crippen LogP contribution in [0.15, 0.2) is 11.5 Å². The van der Waals surface area contributed by atoms with Gasteiger partial charge in [-0.25, -0.2) is 9.67 Å². The lowest BCUT2D eigenvalue weighted by molar-refractivity contribution is -0.150. The van der Waals surface area contributed by atoms with Crippen LogP contribution in [-0.2, 0) is 16.6 Å². The summed E-state index contributed by atoms with van der Waals surface area (Å²) in [6.07, 6.45) is 2.20. The van der Waals surface area contributed by atoms with Crippen LogP contribution in [-0.4, -0.2) is 44.7 Å². The first-order chi connectivity index (χ1) is 9.42. The molecule has 0 amide bonds. The Hall–Kier alpha value is -1.08. The van der Waals surface area contributed by atoms with E-state index in [2.05, 4.69) is 22.3 Å². The Bertz CT molecular complexity index is 438. The Morgan fingerprint density at radius 3 is 2.80 bits per heavy atom. The molecule has 114 valence electrons. The fourth-order valence-electron chi connectivity index (χ4n) is 2.10. The maximum absolute atomic E-state index is 12.1. The number of carbonyl (C=O) groups is 1. The molecule has 0 aromatic carbocycles. The summed E-state index contributed by atoms with van der Waals surface area (Å²) >= 11 is 1.61. The van der Waals surface area contributed by atoms with Crippen LogP contribution >= 0.6 is 11.8 Å². The van der Waals surface area contributed by atoms with Crippen molar-refractivity contribution in [3.05, 3.63) is 6.33 Å². The third kappa shape index (κ3) is 4.49. The van der Waals surface area contributed by atoms with Crippen molar-refractivity contribution in [1.29, 1.82) is 0 Å². The second-order valence-corrected chi connectivity index (χ2v) is 6.29. The van der Waals surface area contributed by atoms with Gasteiger partial charge in [-0.3, -0.25) is 4.79 Å². The highest BCUT2D eigenvalue weighted by Gasteiger charge is 2.35. The largest absolute Gasteiger partial charge is 0.465 e. The summed E-state index contributed by atoms with van der Waals surface area (Å²) < 4.78 is 6.91. The predicted octanol–water partition coefficient (Wildman–Crippen LogP) is 1.62. The Labute approximate surface area is 124 Å². The van der Waals surface area contributed by atoms with Crippen LogP contribution in [0.5, 0.6) is 0 Å². The van der Waals surface area contributed by atoms with E-state index in [0.29, 0.717) is 13.0 Å². The molecule has 1 aromatic heterocycles. The number of nitrogens with zero attached hydrogens (tertiary/aromatic N) is 3. The maximum Gasteiger partial charge on any atom is 0.326 e. The van der Waals surface area contributed by atoms with Crippen molar-refractivity contribution < 1.29 is 9.53 Å². The lowest BCUT2D eigenvalue weighted by Crippen LogP contribution is -2.51. The number of aromatic nitrogens is 3. The zero-order chi connectivity index (χ0) is 15.2. The first-order valence-electron chi connectivity index (χ1n) is 6.85. The van der Waals surface area contributed by atoms with E-state index in [1.54, 1.807) is 16.4 Å². The van der Waals surface area contributed by atoms with Gasteiger partial charge in [0.15, 0.2) is 5.16 Å². The van der Waals surface area contributed by atoms with E-state index in [1.165, 1.54) is 6.33 Å². The van der Waals surface area contributed by atoms with E-state index in [-0.39, 0.29) is 11.2 Å². The monoisotopic (exact) mass is 300 g/mol. The summed E-state index contributed by atoms with van der Waals surface area (Å²) in [7, 11) is 1.86. The van der Waals surface area contributed by atoms with Gasteiger partial charge in [0.25, 0.3) is 0 Å². The van der Waals surface area contributed by atoms with Crippen molar-refractivity contribution in [3.63, 3.8) is 0 Å². The number of nitrogens with one attached hydrogen (secondary N) is 1. The van der Waals surface area contributed by atoms with E-state index in [9.17, 15) is 4.79 Å². The summed E-state index contributed by atoms with van der Waals surface area (Å²) in [6.45, 7) is 8.89. The second-order valence-electron chi connectivity index (χ2n) is 4.88. The minimum Gasteiger partial charge on any atom is -0.465 e. The molecule has 0 aliphatic rings. The molecule has 0 fully saturated rings. The van der Waals surface area contributed by atoms with Gasteiger partial charge in [-0.05, 0) is 26.8 Å². The van der Waals surface area contributed by atoms with Gasteiger partial charge in [0.1, 0.15) is 11.9 Å². The number of thioether (sulfide) groups is 1. The highest BCUT2D eigenvalue weighted by atomic mass is 32.2. The van der Waals surface area contributed by atoms with Crippen molar-refractivity contribution in [1.82, 2.24) is 20.1 Å². The summed E-state index contributed by atoms with van der Waals surface area (Å²) in [4.78, 5) is 16.3. The number of hydrogen-bond donors (Lipinski definition) is 1. The molecule has 1 N–H and O–H groups in total. The number of aryl methyl sites for hydroxylation is 1. The summed E-state index contributed by atoms with van der Waals surface area (Å²) in [5.41, 5.74) is -0.671. The van der Waals surface area contributed by atoms with Gasteiger partial charge >= 0.3 is 5.97 Å². The van der Waals surface area contributed by atoms with E-state index < -0.39 is 5.54 Å². The Morgan fingerprint density at radius 1 is 1.60 bits per heavy atom. The summed E-state index contributed by atoms with van der Waals surface area (Å²) in [6, 6.07) is 0. The number of likely N-dealkylation sites (N-methyl/N-ethyl adjacent to an activating group) is 1. The van der Waals surface area contributed by atoms with Crippen LogP contribution in [0.2, 0.25) is 0 Å². The number of ether oxygens (including phenoxy) is 1. The van der Waals surface area contributed by atoms with Crippen molar-refractivity contribution >= 4 is 17.7 Å². The molecule has 0 aliphatic heterocycles. The molecule has 6 nitrogen and oxygen atoms in total. The quantitative estimate of drug-likeness (QED) is 0.581. The van der Waals surface area contributed by atoms with E-state index in [1.807, 2.05) is 27.8 Å². The number of esters is 1. The van der Waals surface area contributed by atoms with Crippen molar-refractivity contribution in [3.8, 4) is 0 Å². The molecule has 0 aliphatic carbocycles. The Balaban J connectivity index is 2.69. The van der Waals surface area contributed by atoms with Crippen LogP contribution in [0.25, 0.3) is 0 Å². The molecule has 0 radical (unpaired) electrons. The highest BCUT2D eigenvalue weighted by Crippen LogP contribution is 2.27. The molecular formula is C13H24N4O2S. The zero-order valence-corrected chi connectivity index (χ0v) is 13.7. The van der Waals surface area contributed by atoms with Crippen molar-refractivity contribution in [2.45, 2.75) is 50.1 Å². The van der Waals surface area contributed by atoms with E-state index in [0.717, 1.165) is 11.7 Å². The summed E-state index contributed by atoms with van der Waals surface area (Å²) in [5.74, 6) is -0.202. The predicted molar refractivity (Wildman–Crippen MR) is 79.7 cm³/mol. The third-order valence-electron chi connectivity index (χ3n) is 2.97. The smallest absolute Gasteiger partial charge is 0.326 e. The molecular weight excluding hydrogens is 276 g/mol. The topological polar surface area (TPSA) is 69.0 Å². The van der Waals surface area contributed by atoms with Crippen LogP contribution in [0, 0.1) is 0 Å². The van der Waals surface area contributed by atoms with E-state index >= 15 is 0 Å². The van der Waals surface area contributed by atoms with Gasteiger partial charge in [-0.1, -0.05) is 25.6 Å². The molecule has 0 bridgehead atoms. The van der Waals surface area contributed by atoms with E-state index in [4.69, 9.17) is 4.74 Å². The average Bonchev–Trinajstić information content (AvgIpc) is 2.75. The highest BCUT2D eigenvalue weighted by molar-refractivity contribution is 7.99. The van der Waals surface area contributed by atoms with Gasteiger partial charge < -0.3 is 10.1 Å². The summed E-state index contributed by atoms with van der Waals surface area (Å²) in [5, 5.41) is 8.34. The van der Waals surface area contributed by atoms with Gasteiger partial charge in [-0.2, -0.15) is 5.10 Å². The number of rotatable bonds is 8. The third-order valence-corrected chi connectivity index (χ3v) is 4.11. The fraction of sp³-hybridized carbons (Fsp3) is 0.769. The van der Waals surface area contributed by atoms with Gasteiger partial charge in [0.05, 0.1) is 6.61 Å². The maximum atomic E-state index is 12.1. The average molecular weight is 300 g/mol. The number of carbonyl (C=O) groups excluding carboxylic acids is 1. The van der Waals surface area contributed by atoms with Gasteiger partial charge in [0.2, 0.25) is 0 Å². The zero-order valence-electron chi connectivity index (χ0n) is 12.8. The Kier molecular flexibility index (Phi) is 6.48. The van der Waals surface area contributed by atoms with Gasteiger partial charge in [-0.15, -0.1) is 0 Å². The molecule has 2 unspecified atom stereocenters. The van der Waals surface area contributed by atoms with Crippen LogP contribution in [0.1, 0.15) is 34.1 Å². The lowest BCUT2D eigenvalue weighted by atomic mass is 9.96. The van der Waals surface area contributed by atoms with Gasteiger partial charge in [0, 0.05) is 12.3 Å². The normalized spacial score (nSPS) is 15.7. The minimum atomic E-state index is -0.671. The molecule has 0 spiro atoms. The fourth-order valence-corrected chi connectivity index (χ4v) is 3.18. The van der Waals surface area contributed by atoms with Crippen LogP contribution < -0.4 is 5.32 Å². The van der Waals surface area contributed by atoms with Crippen LogP contribution in [0.3, 0.4) is 0 Å². The first-order valence-corrected chi connectivity index (χ1v) is 7.73. The van der Waals surface area contributed by atoms with Crippen molar-refractivity contribution in [2.24, 2.45) is 7.05 Å². The number of hydrogen-bond acceptors (Lipinski definition) is 6. The van der Waals surface area contributed by atoms with Crippen molar-refractivity contribution in [2.75, 3.05) is 13.2 Å². The molecule has 0 saturated carbocycles. The standard InChI is InChI=1S/C13H24N4O2S/c1-6-15-13(4,11(18)19-7-2)8-10(3)20-12-14-9-16-17(12)5/h9-10,15H,6-8H2,1-5H3. The molecule has 20 heavy (non-hydrogen) atoms. The molecule has 7 heteroatoms. The van der Waals surface area contributed by atoms with Crippen LogP contribution in [0.4, 0.5) is 0 Å². The second kappa shape index (κ2) is 7.64. The molecule has 1 heterocycles. The Morgan fingerprint density at radius 2 is 2.30 bits per heavy atom. The first kappa shape index (κ1) is 17.0. The lowest BCUT2D eigenvalue weighted by Gasteiger charge is -2.30. The minimum absolute atomic E-state index is 0.202. The molecule has 1 rings (SSSR count). The molecule has 0 saturated heterocycles. The SMILES string of the molecule is CCNC(C)(CC(C)Sc1ncnn1C)C(=O)OCC. The molecule has 2 atom stereocenters. The molecule has 1 aromatic rings.